The minimum atomic E-state index is -0.0493. The summed E-state index contributed by atoms with van der Waals surface area (Å²) in [5.74, 6) is -0.0493. The molecule has 82 valence electrons. The molecule has 1 N–H and O–H groups in total. The lowest BCUT2D eigenvalue weighted by atomic mass is 10.1. The van der Waals surface area contributed by atoms with Gasteiger partial charge in [0.25, 0.3) is 5.91 Å². The molecule has 0 saturated heterocycles. The van der Waals surface area contributed by atoms with Gasteiger partial charge in [0, 0.05) is 19.2 Å². The first kappa shape index (κ1) is 11.7. The van der Waals surface area contributed by atoms with Gasteiger partial charge in [-0.1, -0.05) is 19.1 Å². The third-order valence-electron chi connectivity index (χ3n) is 2.39. The van der Waals surface area contributed by atoms with Gasteiger partial charge in [-0.3, -0.25) is 4.79 Å². The Labute approximate surface area is 90.3 Å². The van der Waals surface area contributed by atoms with Crippen LogP contribution in [0.1, 0.15) is 22.8 Å². The van der Waals surface area contributed by atoms with Crippen LogP contribution in [0, 0.1) is 0 Å². The van der Waals surface area contributed by atoms with Gasteiger partial charge >= 0.3 is 0 Å². The molecule has 0 unspecified atom stereocenters. The van der Waals surface area contributed by atoms with Crippen molar-refractivity contribution in [3.05, 3.63) is 35.4 Å². The second-order valence-corrected chi connectivity index (χ2v) is 3.50. The maximum atomic E-state index is 11.7. The monoisotopic (exact) mass is 207 g/mol. The molecule has 1 aromatic carbocycles. The van der Waals surface area contributed by atoms with Crippen LogP contribution >= 0.6 is 0 Å². The van der Waals surface area contributed by atoms with Crippen LogP contribution in [-0.4, -0.2) is 36.1 Å². The van der Waals surface area contributed by atoms with E-state index in [0.29, 0.717) is 12.1 Å². The minimum absolute atomic E-state index is 0.00468. The maximum absolute atomic E-state index is 11.7. The van der Waals surface area contributed by atoms with Gasteiger partial charge in [0.05, 0.1) is 6.61 Å². The quantitative estimate of drug-likeness (QED) is 0.808. The maximum Gasteiger partial charge on any atom is 0.253 e. The average molecular weight is 207 g/mol. The van der Waals surface area contributed by atoms with E-state index in [9.17, 15) is 4.79 Å². The Morgan fingerprint density at radius 2 is 1.93 bits per heavy atom. The molecule has 1 aromatic rings. The third kappa shape index (κ3) is 3.06. The van der Waals surface area contributed by atoms with Crippen molar-refractivity contribution in [2.75, 3.05) is 20.2 Å². The van der Waals surface area contributed by atoms with Crippen LogP contribution in [0.15, 0.2) is 24.3 Å². The normalized spacial score (nSPS) is 10.1. The average Bonchev–Trinajstić information content (AvgIpc) is 2.28. The Kier molecular flexibility index (Phi) is 4.31. The second kappa shape index (κ2) is 5.51. The Morgan fingerprint density at radius 1 is 1.33 bits per heavy atom. The highest BCUT2D eigenvalue weighted by Gasteiger charge is 2.09. The number of amides is 1. The molecule has 3 nitrogen and oxygen atoms in total. The SMILES string of the molecule is CCc1ccc(C(=O)N(C)CCO)cc1. The summed E-state index contributed by atoms with van der Waals surface area (Å²) in [4.78, 5) is 13.3. The largest absolute Gasteiger partial charge is 0.395 e. The van der Waals surface area contributed by atoms with E-state index < -0.39 is 0 Å². The fourth-order valence-corrected chi connectivity index (χ4v) is 1.35. The van der Waals surface area contributed by atoms with Crippen LogP contribution < -0.4 is 0 Å². The van der Waals surface area contributed by atoms with E-state index in [0.717, 1.165) is 6.42 Å². The van der Waals surface area contributed by atoms with Crippen molar-refractivity contribution in [2.24, 2.45) is 0 Å². The zero-order chi connectivity index (χ0) is 11.3. The molecule has 3 heteroatoms. The number of benzene rings is 1. The summed E-state index contributed by atoms with van der Waals surface area (Å²) in [6.45, 7) is 2.44. The predicted octanol–water partition coefficient (Wildman–Crippen LogP) is 1.31. The molecule has 15 heavy (non-hydrogen) atoms. The van der Waals surface area contributed by atoms with Crippen molar-refractivity contribution >= 4 is 5.91 Å². The minimum Gasteiger partial charge on any atom is -0.395 e. The summed E-state index contributed by atoms with van der Waals surface area (Å²) in [6, 6.07) is 7.57. The first-order valence-corrected chi connectivity index (χ1v) is 5.14. The van der Waals surface area contributed by atoms with Crippen LogP contribution in [0.5, 0.6) is 0 Å². The smallest absolute Gasteiger partial charge is 0.253 e. The second-order valence-electron chi connectivity index (χ2n) is 3.50. The molecule has 0 fully saturated rings. The van der Waals surface area contributed by atoms with Gasteiger partial charge in [-0.15, -0.1) is 0 Å². The zero-order valence-corrected chi connectivity index (χ0v) is 9.23. The van der Waals surface area contributed by atoms with Crippen LogP contribution in [0.4, 0.5) is 0 Å². The van der Waals surface area contributed by atoms with E-state index in [1.54, 1.807) is 7.05 Å². The molecule has 0 aliphatic rings. The number of rotatable bonds is 4. The fourth-order valence-electron chi connectivity index (χ4n) is 1.35. The molecule has 0 aliphatic carbocycles. The standard InChI is InChI=1S/C12H17NO2/c1-3-10-4-6-11(7-5-10)12(15)13(2)8-9-14/h4-7,14H,3,8-9H2,1-2H3. The summed E-state index contributed by atoms with van der Waals surface area (Å²) in [5.41, 5.74) is 1.89. The first-order chi connectivity index (χ1) is 7.19. The van der Waals surface area contributed by atoms with E-state index in [1.807, 2.05) is 24.3 Å². The number of hydrogen-bond donors (Lipinski definition) is 1. The molecule has 0 atom stereocenters. The number of aryl methyl sites for hydroxylation is 1. The van der Waals surface area contributed by atoms with Crippen molar-refractivity contribution in [2.45, 2.75) is 13.3 Å². The fraction of sp³-hybridized carbons (Fsp3) is 0.417. The number of carbonyl (C=O) groups is 1. The van der Waals surface area contributed by atoms with E-state index in [2.05, 4.69) is 6.92 Å². The van der Waals surface area contributed by atoms with Crippen LogP contribution in [0.3, 0.4) is 0 Å². The zero-order valence-electron chi connectivity index (χ0n) is 9.23. The Balaban J connectivity index is 2.73. The van der Waals surface area contributed by atoms with Gasteiger partial charge in [-0.05, 0) is 24.1 Å². The summed E-state index contributed by atoms with van der Waals surface area (Å²) in [6.07, 6.45) is 0.973. The topological polar surface area (TPSA) is 40.5 Å². The van der Waals surface area contributed by atoms with Gasteiger partial charge in [0.2, 0.25) is 0 Å². The van der Waals surface area contributed by atoms with E-state index in [4.69, 9.17) is 5.11 Å². The number of aliphatic hydroxyl groups excluding tert-OH is 1. The molecule has 0 saturated carbocycles. The molecule has 0 spiro atoms. The third-order valence-corrected chi connectivity index (χ3v) is 2.39. The molecule has 0 aliphatic heterocycles. The lowest BCUT2D eigenvalue weighted by molar-refractivity contribution is 0.0767. The molecular weight excluding hydrogens is 190 g/mol. The number of aliphatic hydroxyl groups is 1. The van der Waals surface area contributed by atoms with Gasteiger partial charge in [0.15, 0.2) is 0 Å². The molecule has 1 rings (SSSR count). The highest BCUT2D eigenvalue weighted by Crippen LogP contribution is 2.07. The lowest BCUT2D eigenvalue weighted by Crippen LogP contribution is -2.29. The Bertz CT molecular complexity index is 319. The Morgan fingerprint density at radius 3 is 2.40 bits per heavy atom. The highest BCUT2D eigenvalue weighted by molar-refractivity contribution is 5.94. The van der Waals surface area contributed by atoms with E-state index in [1.165, 1.54) is 10.5 Å². The number of hydrogen-bond acceptors (Lipinski definition) is 2. The van der Waals surface area contributed by atoms with Crippen molar-refractivity contribution in [3.63, 3.8) is 0 Å². The van der Waals surface area contributed by atoms with Gasteiger partial charge in [-0.2, -0.15) is 0 Å². The molecule has 0 heterocycles. The van der Waals surface area contributed by atoms with Crippen molar-refractivity contribution in [1.82, 2.24) is 4.90 Å². The summed E-state index contributed by atoms with van der Waals surface area (Å²) < 4.78 is 0. The molecule has 0 bridgehead atoms. The van der Waals surface area contributed by atoms with Crippen LogP contribution in [0.2, 0.25) is 0 Å². The summed E-state index contributed by atoms with van der Waals surface area (Å²) in [5, 5.41) is 8.72. The van der Waals surface area contributed by atoms with E-state index in [-0.39, 0.29) is 12.5 Å². The number of carbonyl (C=O) groups excluding carboxylic acids is 1. The highest BCUT2D eigenvalue weighted by atomic mass is 16.3. The lowest BCUT2D eigenvalue weighted by Gasteiger charge is -2.15. The number of nitrogens with zero attached hydrogens (tertiary/aromatic N) is 1. The molecule has 0 radical (unpaired) electrons. The molecular formula is C12H17NO2. The predicted molar refractivity (Wildman–Crippen MR) is 59.9 cm³/mol. The van der Waals surface area contributed by atoms with Crippen molar-refractivity contribution < 1.29 is 9.90 Å². The summed E-state index contributed by atoms with van der Waals surface area (Å²) in [7, 11) is 1.69. The van der Waals surface area contributed by atoms with Crippen molar-refractivity contribution in [3.8, 4) is 0 Å². The summed E-state index contributed by atoms with van der Waals surface area (Å²) >= 11 is 0. The van der Waals surface area contributed by atoms with Gasteiger partial charge in [0.1, 0.15) is 0 Å². The van der Waals surface area contributed by atoms with Crippen LogP contribution in [-0.2, 0) is 6.42 Å². The van der Waals surface area contributed by atoms with E-state index >= 15 is 0 Å². The van der Waals surface area contributed by atoms with Gasteiger partial charge in [-0.25, -0.2) is 0 Å². The Hall–Kier alpha value is -1.35. The first-order valence-electron chi connectivity index (χ1n) is 5.14. The van der Waals surface area contributed by atoms with Gasteiger partial charge < -0.3 is 10.0 Å². The molecule has 1 amide bonds. The van der Waals surface area contributed by atoms with Crippen LogP contribution in [0.25, 0.3) is 0 Å². The molecule has 0 aromatic heterocycles. The number of likely N-dealkylation sites (N-methyl/N-ethyl adjacent to an activating group) is 1. The van der Waals surface area contributed by atoms with Crippen molar-refractivity contribution in [1.29, 1.82) is 0 Å².